The maximum Gasteiger partial charge on any atom is 0.289 e. The van der Waals surface area contributed by atoms with Gasteiger partial charge in [-0.1, -0.05) is 34.8 Å². The first-order valence-electron chi connectivity index (χ1n) is 6.28. The zero-order valence-electron chi connectivity index (χ0n) is 12.0. The number of halogens is 3. The fourth-order valence-electron chi connectivity index (χ4n) is 1.82. The van der Waals surface area contributed by atoms with Crippen molar-refractivity contribution < 1.29 is 18.1 Å². The molecule has 2 rings (SSSR count). The molecular formula is C13H8Cl3N3O5S. The molecule has 8 nitrogen and oxygen atoms in total. The second-order valence-corrected chi connectivity index (χ2v) is 7.56. The zero-order valence-corrected chi connectivity index (χ0v) is 15.1. The molecule has 2 aromatic carbocycles. The standard InChI is InChI=1S/C13H8Cl3N3O5S/c14-8-2-1-6(3-12(8)19(21)22)25(23,24)18-11-4-7(13(17)20)9(15)5-10(11)16/h1-5,18H,(H2,17,20). The molecule has 0 spiro atoms. The molecule has 0 aromatic heterocycles. The summed E-state index contributed by atoms with van der Waals surface area (Å²) in [6.07, 6.45) is 0. The van der Waals surface area contributed by atoms with Crippen LogP contribution >= 0.6 is 34.8 Å². The summed E-state index contributed by atoms with van der Waals surface area (Å²) in [6, 6.07) is 5.16. The molecule has 3 N–H and O–H groups in total. The van der Waals surface area contributed by atoms with E-state index in [1.165, 1.54) is 0 Å². The minimum Gasteiger partial charge on any atom is -0.366 e. The highest BCUT2D eigenvalue weighted by molar-refractivity contribution is 7.92. The summed E-state index contributed by atoms with van der Waals surface area (Å²) in [7, 11) is -4.26. The highest BCUT2D eigenvalue weighted by Gasteiger charge is 2.22. The first-order valence-corrected chi connectivity index (χ1v) is 8.90. The summed E-state index contributed by atoms with van der Waals surface area (Å²) in [4.78, 5) is 21.0. The first-order chi connectivity index (χ1) is 11.5. The molecule has 0 aliphatic rings. The third-order valence-corrected chi connectivity index (χ3v) is 5.30. The van der Waals surface area contributed by atoms with Crippen LogP contribution in [0.5, 0.6) is 0 Å². The van der Waals surface area contributed by atoms with E-state index in [1.807, 2.05) is 0 Å². The van der Waals surface area contributed by atoms with Crippen molar-refractivity contribution in [3.8, 4) is 0 Å². The minimum absolute atomic E-state index is 0.0532. The second-order valence-electron chi connectivity index (χ2n) is 4.65. The molecule has 0 saturated heterocycles. The minimum atomic E-state index is -4.26. The van der Waals surface area contributed by atoms with Crippen molar-refractivity contribution in [1.29, 1.82) is 0 Å². The fraction of sp³-hybridized carbons (Fsp3) is 0. The predicted octanol–water partition coefficient (Wildman–Crippen LogP) is 3.45. The van der Waals surface area contributed by atoms with Crippen molar-refractivity contribution in [2.24, 2.45) is 5.73 Å². The number of hydrogen-bond acceptors (Lipinski definition) is 5. The molecule has 0 unspecified atom stereocenters. The number of anilines is 1. The number of rotatable bonds is 5. The molecule has 0 atom stereocenters. The topological polar surface area (TPSA) is 132 Å². The molecule has 25 heavy (non-hydrogen) atoms. The van der Waals surface area contributed by atoms with Gasteiger partial charge in [-0.15, -0.1) is 0 Å². The SMILES string of the molecule is NC(=O)c1cc(NS(=O)(=O)c2ccc(Cl)c([N+](=O)[O-])c2)c(Cl)cc1Cl. The van der Waals surface area contributed by atoms with Crippen LogP contribution in [-0.2, 0) is 10.0 Å². The number of amides is 1. The van der Waals surface area contributed by atoms with Gasteiger partial charge in [-0.3, -0.25) is 19.6 Å². The quantitative estimate of drug-likeness (QED) is 0.560. The summed E-state index contributed by atoms with van der Waals surface area (Å²) < 4.78 is 27.0. The molecule has 12 heteroatoms. The Labute approximate surface area is 156 Å². The van der Waals surface area contributed by atoms with E-state index in [9.17, 15) is 23.3 Å². The Kier molecular flexibility index (Phi) is 5.43. The van der Waals surface area contributed by atoms with Crippen LogP contribution in [0.4, 0.5) is 11.4 Å². The number of nitrogens with one attached hydrogen (secondary N) is 1. The molecule has 0 fully saturated rings. The lowest BCUT2D eigenvalue weighted by molar-refractivity contribution is -0.384. The Morgan fingerprint density at radius 2 is 1.72 bits per heavy atom. The average molecular weight is 425 g/mol. The Morgan fingerprint density at radius 1 is 1.08 bits per heavy atom. The van der Waals surface area contributed by atoms with E-state index in [-0.39, 0.29) is 26.3 Å². The monoisotopic (exact) mass is 423 g/mol. The molecular weight excluding hydrogens is 417 g/mol. The van der Waals surface area contributed by atoms with Crippen molar-refractivity contribution in [3.63, 3.8) is 0 Å². The number of carbonyl (C=O) groups excluding carboxylic acids is 1. The lowest BCUT2D eigenvalue weighted by Gasteiger charge is -2.12. The summed E-state index contributed by atoms with van der Waals surface area (Å²) in [5.74, 6) is -0.885. The van der Waals surface area contributed by atoms with Gasteiger partial charge < -0.3 is 5.73 Å². The van der Waals surface area contributed by atoms with Crippen LogP contribution in [0.25, 0.3) is 0 Å². The molecule has 0 aliphatic heterocycles. The lowest BCUT2D eigenvalue weighted by Crippen LogP contribution is -2.16. The molecule has 0 aliphatic carbocycles. The maximum absolute atomic E-state index is 12.4. The Bertz CT molecular complexity index is 995. The third kappa shape index (κ3) is 4.13. The van der Waals surface area contributed by atoms with Gasteiger partial charge in [0.25, 0.3) is 15.7 Å². The number of hydrogen-bond donors (Lipinski definition) is 2. The summed E-state index contributed by atoms with van der Waals surface area (Å²) in [5, 5.41) is 10.5. The van der Waals surface area contributed by atoms with Crippen molar-refractivity contribution in [1.82, 2.24) is 0 Å². The smallest absolute Gasteiger partial charge is 0.289 e. The van der Waals surface area contributed by atoms with Crippen LogP contribution in [-0.4, -0.2) is 19.2 Å². The summed E-state index contributed by atoms with van der Waals surface area (Å²) in [5.41, 5.74) is 4.25. The zero-order chi connectivity index (χ0) is 18.9. The van der Waals surface area contributed by atoms with Crippen LogP contribution in [0.2, 0.25) is 15.1 Å². The van der Waals surface area contributed by atoms with Gasteiger partial charge in [0.15, 0.2) is 0 Å². The van der Waals surface area contributed by atoms with Crippen molar-refractivity contribution in [3.05, 3.63) is 61.1 Å². The van der Waals surface area contributed by atoms with Gasteiger partial charge in [0.2, 0.25) is 5.91 Å². The second kappa shape index (κ2) is 7.04. The number of sulfonamides is 1. The predicted molar refractivity (Wildman–Crippen MR) is 93.9 cm³/mol. The molecule has 0 heterocycles. The number of carbonyl (C=O) groups is 1. The van der Waals surface area contributed by atoms with E-state index in [1.54, 1.807) is 0 Å². The van der Waals surface area contributed by atoms with Gasteiger partial charge in [0, 0.05) is 6.07 Å². The Balaban J connectivity index is 2.50. The van der Waals surface area contributed by atoms with E-state index in [4.69, 9.17) is 40.5 Å². The molecule has 2 aromatic rings. The van der Waals surface area contributed by atoms with Crippen LogP contribution in [0.3, 0.4) is 0 Å². The number of nitro groups is 1. The van der Waals surface area contributed by atoms with Crippen LogP contribution in [0, 0.1) is 10.1 Å². The number of primary amides is 1. The van der Waals surface area contributed by atoms with Gasteiger partial charge in [0.1, 0.15) is 5.02 Å². The van der Waals surface area contributed by atoms with Crippen LogP contribution in [0.15, 0.2) is 35.2 Å². The fourth-order valence-corrected chi connectivity index (χ4v) is 3.68. The van der Waals surface area contributed by atoms with Crippen molar-refractivity contribution in [2.75, 3.05) is 4.72 Å². The molecule has 0 radical (unpaired) electrons. The Morgan fingerprint density at radius 3 is 2.28 bits per heavy atom. The van der Waals surface area contributed by atoms with E-state index in [0.717, 1.165) is 30.3 Å². The normalized spacial score (nSPS) is 11.2. The third-order valence-electron chi connectivity index (χ3n) is 2.99. The summed E-state index contributed by atoms with van der Waals surface area (Å²) in [6.45, 7) is 0. The number of nitrogens with zero attached hydrogens (tertiary/aromatic N) is 1. The molecule has 1 amide bonds. The number of nitrogens with two attached hydrogens (primary N) is 1. The van der Waals surface area contributed by atoms with Gasteiger partial charge in [-0.2, -0.15) is 0 Å². The number of nitro benzene ring substituents is 1. The van der Waals surface area contributed by atoms with Crippen molar-refractivity contribution >= 4 is 62.1 Å². The van der Waals surface area contributed by atoms with Gasteiger partial charge >= 0.3 is 0 Å². The largest absolute Gasteiger partial charge is 0.366 e. The molecule has 0 saturated carbocycles. The van der Waals surface area contributed by atoms with Crippen LogP contribution < -0.4 is 10.5 Å². The van der Waals surface area contributed by atoms with Crippen molar-refractivity contribution in [2.45, 2.75) is 4.90 Å². The van der Waals surface area contributed by atoms with E-state index in [2.05, 4.69) is 4.72 Å². The highest BCUT2D eigenvalue weighted by atomic mass is 35.5. The lowest BCUT2D eigenvalue weighted by atomic mass is 10.2. The number of benzene rings is 2. The first kappa shape index (κ1) is 19.3. The highest BCUT2D eigenvalue weighted by Crippen LogP contribution is 2.32. The molecule has 132 valence electrons. The average Bonchev–Trinajstić information content (AvgIpc) is 2.49. The maximum atomic E-state index is 12.4. The van der Waals surface area contributed by atoms with E-state index < -0.39 is 31.4 Å². The summed E-state index contributed by atoms with van der Waals surface area (Å²) >= 11 is 17.4. The van der Waals surface area contributed by atoms with Gasteiger partial charge in [-0.25, -0.2) is 8.42 Å². The molecule has 0 bridgehead atoms. The van der Waals surface area contributed by atoms with Crippen LogP contribution in [0.1, 0.15) is 10.4 Å². The van der Waals surface area contributed by atoms with Gasteiger partial charge in [-0.05, 0) is 24.3 Å². The van der Waals surface area contributed by atoms with E-state index in [0.29, 0.717) is 0 Å². The van der Waals surface area contributed by atoms with Gasteiger partial charge in [0.05, 0.1) is 31.1 Å². The van der Waals surface area contributed by atoms with E-state index >= 15 is 0 Å². The Hall–Kier alpha value is -2.07.